The van der Waals surface area contributed by atoms with Gasteiger partial charge in [-0.05, 0) is 24.3 Å². The van der Waals surface area contributed by atoms with Crippen LogP contribution in [0.4, 0.5) is 0 Å². The van der Waals surface area contributed by atoms with Crippen LogP contribution < -0.4 is 0 Å². The molecule has 0 aliphatic heterocycles. The average molecular weight is 260 g/mol. The van der Waals surface area contributed by atoms with Gasteiger partial charge in [0.05, 0.1) is 6.61 Å². The molecule has 1 aromatic rings. The molecule has 2 nitrogen and oxygen atoms in total. The molecule has 0 bridgehead atoms. The van der Waals surface area contributed by atoms with E-state index in [4.69, 9.17) is 4.74 Å². The zero-order valence-electron chi connectivity index (χ0n) is 11.8. The second kappa shape index (κ2) is 7.32. The number of hydrogen-bond acceptors (Lipinski definition) is 2. The number of benzene rings is 1. The standard InChI is InChI=1S/C17H24O2/c1-14(16-10-6-3-7-11-16)13-19-17(18)12-15-8-4-2-5-9-15/h3,6-7,10-11,14-15H,2,4-5,8-9,12-13H2,1H3/t14-/m0/s1. The fraction of sp³-hybridized carbons (Fsp3) is 0.588. The van der Waals surface area contributed by atoms with Gasteiger partial charge in [-0.3, -0.25) is 4.79 Å². The van der Waals surface area contributed by atoms with E-state index in [1.54, 1.807) is 0 Å². The molecular formula is C17H24O2. The molecule has 0 amide bonds. The van der Waals surface area contributed by atoms with Crippen molar-refractivity contribution in [1.29, 1.82) is 0 Å². The van der Waals surface area contributed by atoms with Gasteiger partial charge >= 0.3 is 5.97 Å². The SMILES string of the molecule is C[C@@H](COC(=O)CC1CCCCC1)c1ccccc1. The van der Waals surface area contributed by atoms with E-state index in [2.05, 4.69) is 19.1 Å². The van der Waals surface area contributed by atoms with E-state index in [-0.39, 0.29) is 11.9 Å². The van der Waals surface area contributed by atoms with Crippen molar-refractivity contribution in [3.63, 3.8) is 0 Å². The third-order valence-electron chi connectivity index (χ3n) is 4.04. The van der Waals surface area contributed by atoms with Crippen molar-refractivity contribution in [3.8, 4) is 0 Å². The van der Waals surface area contributed by atoms with E-state index in [9.17, 15) is 4.79 Å². The molecule has 0 N–H and O–H groups in total. The maximum absolute atomic E-state index is 11.8. The van der Waals surface area contributed by atoms with E-state index in [0.717, 1.165) is 0 Å². The molecule has 1 saturated carbocycles. The predicted octanol–water partition coefficient (Wildman–Crippen LogP) is 4.30. The molecule has 0 heterocycles. The summed E-state index contributed by atoms with van der Waals surface area (Å²) in [6.07, 6.45) is 6.89. The summed E-state index contributed by atoms with van der Waals surface area (Å²) in [5.74, 6) is 0.819. The monoisotopic (exact) mass is 260 g/mol. The first-order chi connectivity index (χ1) is 9.25. The van der Waals surface area contributed by atoms with E-state index in [1.165, 1.54) is 37.7 Å². The number of carbonyl (C=O) groups is 1. The van der Waals surface area contributed by atoms with Crippen LogP contribution in [0, 0.1) is 5.92 Å². The molecule has 0 radical (unpaired) electrons. The molecule has 0 unspecified atom stereocenters. The van der Waals surface area contributed by atoms with Gasteiger partial charge in [-0.25, -0.2) is 0 Å². The molecule has 1 aliphatic rings. The molecule has 0 saturated heterocycles. The molecule has 1 aromatic carbocycles. The Morgan fingerprint density at radius 1 is 1.21 bits per heavy atom. The van der Waals surface area contributed by atoms with Crippen molar-refractivity contribution in [1.82, 2.24) is 0 Å². The van der Waals surface area contributed by atoms with E-state index in [0.29, 0.717) is 18.9 Å². The van der Waals surface area contributed by atoms with Crippen LogP contribution in [0.1, 0.15) is 56.9 Å². The lowest BCUT2D eigenvalue weighted by molar-refractivity contribution is -0.145. The fourth-order valence-electron chi connectivity index (χ4n) is 2.78. The van der Waals surface area contributed by atoms with E-state index >= 15 is 0 Å². The second-order valence-corrected chi connectivity index (χ2v) is 5.70. The van der Waals surface area contributed by atoms with E-state index < -0.39 is 0 Å². The van der Waals surface area contributed by atoms with Gasteiger partial charge in [-0.2, -0.15) is 0 Å². The smallest absolute Gasteiger partial charge is 0.306 e. The molecule has 1 fully saturated rings. The largest absolute Gasteiger partial charge is 0.465 e. The summed E-state index contributed by atoms with van der Waals surface area (Å²) >= 11 is 0. The molecule has 1 atom stereocenters. The molecular weight excluding hydrogens is 236 g/mol. The summed E-state index contributed by atoms with van der Waals surface area (Å²) < 4.78 is 5.42. The first kappa shape index (κ1) is 14.1. The average Bonchev–Trinajstić information content (AvgIpc) is 2.47. The van der Waals surface area contributed by atoms with Crippen molar-refractivity contribution in [2.24, 2.45) is 5.92 Å². The number of hydrogen-bond donors (Lipinski definition) is 0. The van der Waals surface area contributed by atoms with Gasteiger partial charge in [-0.1, -0.05) is 56.5 Å². The van der Waals surface area contributed by atoms with E-state index in [1.807, 2.05) is 18.2 Å². The van der Waals surface area contributed by atoms with Crippen LogP contribution in [0.3, 0.4) is 0 Å². The quantitative estimate of drug-likeness (QED) is 0.738. The zero-order valence-corrected chi connectivity index (χ0v) is 11.8. The molecule has 0 aromatic heterocycles. The minimum absolute atomic E-state index is 0.0188. The van der Waals surface area contributed by atoms with Gasteiger partial charge < -0.3 is 4.74 Å². The molecule has 1 aliphatic carbocycles. The summed E-state index contributed by atoms with van der Waals surface area (Å²) in [5.41, 5.74) is 1.23. The maximum atomic E-state index is 11.8. The van der Waals surface area contributed by atoms with Gasteiger partial charge in [0.1, 0.15) is 0 Å². The Balaban J connectivity index is 1.71. The Bertz CT molecular complexity index is 380. The zero-order chi connectivity index (χ0) is 13.5. The Hall–Kier alpha value is -1.31. The molecule has 2 rings (SSSR count). The first-order valence-corrected chi connectivity index (χ1v) is 7.46. The van der Waals surface area contributed by atoms with Gasteiger partial charge in [-0.15, -0.1) is 0 Å². The third-order valence-corrected chi connectivity index (χ3v) is 4.04. The molecule has 104 valence electrons. The van der Waals surface area contributed by atoms with Crippen molar-refractivity contribution in [3.05, 3.63) is 35.9 Å². The number of carbonyl (C=O) groups excluding carboxylic acids is 1. The minimum atomic E-state index is -0.0188. The lowest BCUT2D eigenvalue weighted by atomic mass is 9.87. The van der Waals surface area contributed by atoms with Crippen LogP contribution in [0.25, 0.3) is 0 Å². The summed E-state index contributed by atoms with van der Waals surface area (Å²) in [6.45, 7) is 2.60. The number of ether oxygens (including phenoxy) is 1. The lowest BCUT2D eigenvalue weighted by Gasteiger charge is -2.21. The number of rotatable bonds is 5. The summed E-state index contributed by atoms with van der Waals surface area (Å²) in [4.78, 5) is 11.8. The summed E-state index contributed by atoms with van der Waals surface area (Å²) in [5, 5.41) is 0. The topological polar surface area (TPSA) is 26.3 Å². The second-order valence-electron chi connectivity index (χ2n) is 5.70. The number of esters is 1. The van der Waals surface area contributed by atoms with Gasteiger partial charge in [0, 0.05) is 12.3 Å². The third kappa shape index (κ3) is 4.70. The predicted molar refractivity (Wildman–Crippen MR) is 77.0 cm³/mol. The van der Waals surface area contributed by atoms with Crippen LogP contribution >= 0.6 is 0 Å². The van der Waals surface area contributed by atoms with Crippen LogP contribution in [-0.4, -0.2) is 12.6 Å². The summed E-state index contributed by atoms with van der Waals surface area (Å²) in [6, 6.07) is 10.2. The van der Waals surface area contributed by atoms with Crippen molar-refractivity contribution < 1.29 is 9.53 Å². The van der Waals surface area contributed by atoms with Gasteiger partial charge in [0.25, 0.3) is 0 Å². The van der Waals surface area contributed by atoms with Crippen molar-refractivity contribution in [2.45, 2.75) is 51.4 Å². The molecule has 2 heteroatoms. The summed E-state index contributed by atoms with van der Waals surface area (Å²) in [7, 11) is 0. The Kier molecular flexibility index (Phi) is 5.44. The van der Waals surface area contributed by atoms with Crippen LogP contribution in [0.2, 0.25) is 0 Å². The highest BCUT2D eigenvalue weighted by atomic mass is 16.5. The first-order valence-electron chi connectivity index (χ1n) is 7.46. The lowest BCUT2D eigenvalue weighted by Crippen LogP contribution is -2.16. The highest BCUT2D eigenvalue weighted by Gasteiger charge is 2.18. The normalized spacial score (nSPS) is 17.9. The Morgan fingerprint density at radius 3 is 2.58 bits per heavy atom. The van der Waals surface area contributed by atoms with Gasteiger partial charge in [0.2, 0.25) is 0 Å². The van der Waals surface area contributed by atoms with Gasteiger partial charge in [0.15, 0.2) is 0 Å². The van der Waals surface area contributed by atoms with Crippen molar-refractivity contribution >= 4 is 5.97 Å². The van der Waals surface area contributed by atoms with Crippen LogP contribution in [0.5, 0.6) is 0 Å². The Morgan fingerprint density at radius 2 is 1.89 bits per heavy atom. The fourth-order valence-corrected chi connectivity index (χ4v) is 2.78. The highest BCUT2D eigenvalue weighted by Crippen LogP contribution is 2.26. The maximum Gasteiger partial charge on any atom is 0.306 e. The molecule has 0 spiro atoms. The highest BCUT2D eigenvalue weighted by molar-refractivity contribution is 5.69. The molecule has 19 heavy (non-hydrogen) atoms. The Labute approximate surface area is 116 Å². The van der Waals surface area contributed by atoms with Crippen molar-refractivity contribution in [2.75, 3.05) is 6.61 Å². The van der Waals surface area contributed by atoms with Crippen LogP contribution in [-0.2, 0) is 9.53 Å². The minimum Gasteiger partial charge on any atom is -0.465 e. The van der Waals surface area contributed by atoms with Crippen LogP contribution in [0.15, 0.2) is 30.3 Å².